The number of carbonyl (C=O) groups is 2. The van der Waals surface area contributed by atoms with Gasteiger partial charge in [-0.2, -0.15) is 0 Å². The first-order valence-corrected chi connectivity index (χ1v) is 9.52. The lowest BCUT2D eigenvalue weighted by Crippen LogP contribution is -2.35. The highest BCUT2D eigenvalue weighted by atomic mass is 35.5. The van der Waals surface area contributed by atoms with Crippen LogP contribution >= 0.6 is 11.6 Å². The van der Waals surface area contributed by atoms with E-state index in [2.05, 4.69) is 11.2 Å². The van der Waals surface area contributed by atoms with Crippen molar-refractivity contribution in [2.45, 2.75) is 12.8 Å². The summed E-state index contributed by atoms with van der Waals surface area (Å²) in [7, 11) is 1.57. The molecular formula is C22H21ClN2O4. The third-order valence-corrected chi connectivity index (χ3v) is 4.62. The Morgan fingerprint density at radius 2 is 2.03 bits per heavy atom. The first kappa shape index (κ1) is 20.6. The molecule has 0 unspecified atom stereocenters. The van der Waals surface area contributed by atoms with E-state index in [9.17, 15) is 9.59 Å². The first-order valence-electron chi connectivity index (χ1n) is 9.15. The van der Waals surface area contributed by atoms with Crippen LogP contribution in [0.1, 0.15) is 17.5 Å². The van der Waals surface area contributed by atoms with E-state index in [1.54, 1.807) is 43.4 Å². The van der Waals surface area contributed by atoms with Crippen LogP contribution in [0.4, 0.5) is 5.69 Å². The molecule has 6 nitrogen and oxygen atoms in total. The van der Waals surface area contributed by atoms with Crippen LogP contribution in [0.5, 0.6) is 11.5 Å². The number of rotatable bonds is 5. The highest BCUT2D eigenvalue weighted by molar-refractivity contribution is 6.32. The molecule has 3 rings (SSSR count). The van der Waals surface area contributed by atoms with Gasteiger partial charge in [0.05, 0.1) is 31.2 Å². The molecule has 29 heavy (non-hydrogen) atoms. The number of carbonyl (C=O) groups excluding carboxylic acids is 2. The molecule has 150 valence electrons. The molecule has 1 aliphatic heterocycles. The van der Waals surface area contributed by atoms with Crippen LogP contribution in [0.2, 0.25) is 5.02 Å². The molecule has 0 bridgehead atoms. The Labute approximate surface area is 174 Å². The van der Waals surface area contributed by atoms with Crippen molar-refractivity contribution in [3.8, 4) is 23.8 Å². The monoisotopic (exact) mass is 412 g/mol. The predicted octanol–water partition coefficient (Wildman–Crippen LogP) is 3.12. The van der Waals surface area contributed by atoms with Crippen LogP contribution in [0.25, 0.3) is 0 Å². The van der Waals surface area contributed by atoms with Crippen molar-refractivity contribution in [2.24, 2.45) is 0 Å². The van der Waals surface area contributed by atoms with E-state index in [0.717, 1.165) is 6.42 Å². The molecule has 0 aromatic heterocycles. The van der Waals surface area contributed by atoms with Crippen LogP contribution in [0.3, 0.4) is 0 Å². The van der Waals surface area contributed by atoms with Gasteiger partial charge in [-0.05, 0) is 35.9 Å². The number of terminal acetylenes is 1. The number of likely N-dealkylation sites (N-methyl/N-ethyl adjacent to an activating group) is 1. The summed E-state index contributed by atoms with van der Waals surface area (Å²) in [5, 5.41) is 3.14. The zero-order valence-electron chi connectivity index (χ0n) is 16.0. The third kappa shape index (κ3) is 5.43. The molecule has 7 heteroatoms. The van der Waals surface area contributed by atoms with Gasteiger partial charge in [0.25, 0.3) is 0 Å². The number of nitrogens with one attached hydrogen (secondary N) is 1. The summed E-state index contributed by atoms with van der Waals surface area (Å²) in [5.74, 6) is 3.01. The fourth-order valence-corrected chi connectivity index (χ4v) is 3.17. The Kier molecular flexibility index (Phi) is 6.63. The Morgan fingerprint density at radius 1 is 1.24 bits per heavy atom. The van der Waals surface area contributed by atoms with Crippen molar-refractivity contribution in [1.29, 1.82) is 0 Å². The minimum absolute atomic E-state index is 0.0859. The van der Waals surface area contributed by atoms with E-state index in [-0.39, 0.29) is 24.8 Å². The van der Waals surface area contributed by atoms with Crippen LogP contribution in [-0.2, 0) is 16.0 Å². The van der Waals surface area contributed by atoms with E-state index in [0.29, 0.717) is 46.5 Å². The van der Waals surface area contributed by atoms with Gasteiger partial charge in [-0.15, -0.1) is 6.42 Å². The summed E-state index contributed by atoms with van der Waals surface area (Å²) >= 11 is 6.27. The van der Waals surface area contributed by atoms with E-state index in [1.165, 1.54) is 4.90 Å². The van der Waals surface area contributed by atoms with Crippen molar-refractivity contribution in [2.75, 3.05) is 32.1 Å². The molecule has 0 fully saturated rings. The third-order valence-electron chi connectivity index (χ3n) is 4.34. The summed E-state index contributed by atoms with van der Waals surface area (Å²) in [5.41, 5.74) is 1.94. The van der Waals surface area contributed by atoms with Crippen molar-refractivity contribution >= 4 is 29.1 Å². The Balaban J connectivity index is 1.60. The molecule has 2 aromatic carbocycles. The van der Waals surface area contributed by atoms with E-state index in [1.807, 2.05) is 0 Å². The van der Waals surface area contributed by atoms with E-state index >= 15 is 0 Å². The van der Waals surface area contributed by atoms with Crippen molar-refractivity contribution in [3.05, 3.63) is 52.5 Å². The van der Waals surface area contributed by atoms with Crippen LogP contribution in [-0.4, -0.2) is 43.5 Å². The summed E-state index contributed by atoms with van der Waals surface area (Å²) in [4.78, 5) is 26.2. The summed E-state index contributed by atoms with van der Waals surface area (Å²) in [6.07, 6.45) is 6.22. The van der Waals surface area contributed by atoms with Gasteiger partial charge >= 0.3 is 0 Å². The topological polar surface area (TPSA) is 67.9 Å². The summed E-state index contributed by atoms with van der Waals surface area (Å²) in [6.45, 7) is 0.978. The smallest absolute Gasteiger partial charge is 0.243 e. The molecule has 2 aromatic rings. The molecule has 0 radical (unpaired) electrons. The lowest BCUT2D eigenvalue weighted by molar-refractivity contribution is -0.132. The number of amides is 2. The number of halogens is 1. The van der Waals surface area contributed by atoms with E-state index in [4.69, 9.17) is 27.5 Å². The highest BCUT2D eigenvalue weighted by Gasteiger charge is 2.19. The van der Waals surface area contributed by atoms with Gasteiger partial charge in [-0.3, -0.25) is 9.59 Å². The van der Waals surface area contributed by atoms with Crippen LogP contribution < -0.4 is 14.8 Å². The quantitative estimate of drug-likeness (QED) is 0.766. The Bertz CT molecular complexity index is 968. The van der Waals surface area contributed by atoms with Gasteiger partial charge in [0.15, 0.2) is 11.5 Å². The van der Waals surface area contributed by atoms with Gasteiger partial charge in [0.1, 0.15) is 0 Å². The number of benzene rings is 2. The second kappa shape index (κ2) is 9.35. The van der Waals surface area contributed by atoms with Gasteiger partial charge in [-0.1, -0.05) is 23.6 Å². The molecule has 1 N–H and O–H groups in total. The molecule has 0 spiro atoms. The molecular weight excluding hydrogens is 392 g/mol. The fraction of sp³-hybridized carbons (Fsp3) is 0.273. The molecule has 2 amide bonds. The van der Waals surface area contributed by atoms with Crippen molar-refractivity contribution in [3.63, 3.8) is 0 Å². The maximum absolute atomic E-state index is 12.6. The molecule has 0 saturated carbocycles. The van der Waals surface area contributed by atoms with Gasteiger partial charge < -0.3 is 19.7 Å². The lowest BCUT2D eigenvalue weighted by Gasteiger charge is -2.18. The normalized spacial score (nSPS) is 12.4. The number of anilines is 1. The lowest BCUT2D eigenvalue weighted by atomic mass is 10.1. The molecule has 0 aliphatic carbocycles. The molecule has 0 saturated heterocycles. The minimum atomic E-state index is -0.313. The first-order chi connectivity index (χ1) is 14.0. The fourth-order valence-electron chi connectivity index (χ4n) is 2.89. The van der Waals surface area contributed by atoms with Crippen LogP contribution in [0, 0.1) is 12.3 Å². The average Bonchev–Trinajstić information content (AvgIpc) is 2.93. The maximum Gasteiger partial charge on any atom is 0.243 e. The van der Waals surface area contributed by atoms with Gasteiger partial charge in [0.2, 0.25) is 11.8 Å². The van der Waals surface area contributed by atoms with Gasteiger partial charge in [0, 0.05) is 24.7 Å². The zero-order chi connectivity index (χ0) is 20.8. The number of hydrogen-bond donors (Lipinski definition) is 1. The SMILES string of the molecule is C#Cc1cccc(NC(=O)CN(C)C(=O)Cc2cc(Cl)c3c(c2)OCCCO3)c1. The van der Waals surface area contributed by atoms with Crippen molar-refractivity contribution in [1.82, 2.24) is 4.90 Å². The number of hydrogen-bond acceptors (Lipinski definition) is 4. The standard InChI is InChI=1S/C22H21ClN2O4/c1-3-15-6-4-7-17(10-15)24-20(26)14-25(2)21(27)13-16-11-18(23)22-19(12-16)28-8-5-9-29-22/h1,4,6-7,10-12H,5,8-9,13-14H2,2H3,(H,24,26). The number of nitrogens with zero attached hydrogens (tertiary/aromatic N) is 1. The molecule has 1 heterocycles. The zero-order valence-corrected chi connectivity index (χ0v) is 16.8. The largest absolute Gasteiger partial charge is 0.489 e. The summed E-state index contributed by atoms with van der Waals surface area (Å²) in [6, 6.07) is 10.4. The van der Waals surface area contributed by atoms with E-state index < -0.39 is 0 Å². The second-order valence-corrected chi connectivity index (χ2v) is 7.06. The second-order valence-electron chi connectivity index (χ2n) is 6.66. The Hall–Kier alpha value is -3.17. The van der Waals surface area contributed by atoms with Gasteiger partial charge in [-0.25, -0.2) is 0 Å². The molecule has 1 aliphatic rings. The molecule has 0 atom stereocenters. The average molecular weight is 413 g/mol. The predicted molar refractivity (Wildman–Crippen MR) is 111 cm³/mol. The highest BCUT2D eigenvalue weighted by Crippen LogP contribution is 2.38. The number of fused-ring (bicyclic) bond motifs is 1. The number of ether oxygens (including phenoxy) is 2. The Morgan fingerprint density at radius 3 is 2.83 bits per heavy atom. The maximum atomic E-state index is 12.6. The minimum Gasteiger partial charge on any atom is -0.489 e. The van der Waals surface area contributed by atoms with Crippen molar-refractivity contribution < 1.29 is 19.1 Å². The summed E-state index contributed by atoms with van der Waals surface area (Å²) < 4.78 is 11.2. The van der Waals surface area contributed by atoms with Crippen LogP contribution in [0.15, 0.2) is 36.4 Å².